The highest BCUT2D eigenvalue weighted by molar-refractivity contribution is 5.74. The van der Waals surface area contributed by atoms with E-state index in [1.165, 1.54) is 0 Å². The minimum Gasteiger partial charge on any atom is -0.458 e. The van der Waals surface area contributed by atoms with Crippen LogP contribution in [0.1, 0.15) is 26.7 Å². The van der Waals surface area contributed by atoms with Gasteiger partial charge in [-0.25, -0.2) is 4.39 Å². The number of carbonyl (C=O) groups excluding carboxylic acids is 2. The molecule has 0 aromatic rings. The number of esters is 2. The number of fused-ring (bicyclic) bond motifs is 2. The zero-order valence-electron chi connectivity index (χ0n) is 9.31. The Morgan fingerprint density at radius 1 is 1.56 bits per heavy atom. The molecular formula is C11H15FO4. The number of ether oxygens (including phenoxy) is 2. The Labute approximate surface area is 93.1 Å². The van der Waals surface area contributed by atoms with E-state index in [0.717, 1.165) is 0 Å². The van der Waals surface area contributed by atoms with Crippen molar-refractivity contribution in [1.29, 1.82) is 0 Å². The van der Waals surface area contributed by atoms with Gasteiger partial charge in [0, 0.05) is 5.92 Å². The number of hydrogen-bond donors (Lipinski definition) is 0. The van der Waals surface area contributed by atoms with Gasteiger partial charge in [0.05, 0.1) is 12.3 Å². The van der Waals surface area contributed by atoms with Gasteiger partial charge in [-0.1, -0.05) is 13.8 Å². The Morgan fingerprint density at radius 2 is 2.25 bits per heavy atom. The summed E-state index contributed by atoms with van der Waals surface area (Å²) in [6, 6.07) is 0. The largest absolute Gasteiger partial charge is 0.458 e. The van der Waals surface area contributed by atoms with Crippen LogP contribution in [0, 0.1) is 11.8 Å². The monoisotopic (exact) mass is 230 g/mol. The maximum absolute atomic E-state index is 13.5. The third-order valence-electron chi connectivity index (χ3n) is 3.09. The number of hydrogen-bond acceptors (Lipinski definition) is 4. The van der Waals surface area contributed by atoms with Gasteiger partial charge in [-0.3, -0.25) is 9.59 Å². The van der Waals surface area contributed by atoms with Crippen molar-refractivity contribution in [2.24, 2.45) is 11.8 Å². The van der Waals surface area contributed by atoms with E-state index in [4.69, 9.17) is 9.47 Å². The van der Waals surface area contributed by atoms with Crippen LogP contribution in [-0.2, 0) is 19.1 Å². The topological polar surface area (TPSA) is 52.6 Å². The van der Waals surface area contributed by atoms with Crippen molar-refractivity contribution in [1.82, 2.24) is 0 Å². The summed E-state index contributed by atoms with van der Waals surface area (Å²) in [6.07, 6.45) is -2.31. The van der Waals surface area contributed by atoms with E-state index >= 15 is 0 Å². The standard InChI is InChI=1S/C11H15FO4/c1-5(2)11(14)16-9-6-3-7(12)10(9)15-8(13)4-6/h5-7,9-10H,3-4H2,1-2H3. The van der Waals surface area contributed by atoms with Crippen LogP contribution in [0.2, 0.25) is 0 Å². The normalized spacial score (nSPS) is 37.4. The number of rotatable bonds is 2. The van der Waals surface area contributed by atoms with Crippen LogP contribution >= 0.6 is 0 Å². The second-order valence-corrected chi connectivity index (χ2v) is 4.73. The average Bonchev–Trinajstić information content (AvgIpc) is 2.38. The summed E-state index contributed by atoms with van der Waals surface area (Å²) in [5, 5.41) is 0. The van der Waals surface area contributed by atoms with Crippen molar-refractivity contribution < 1.29 is 23.5 Å². The summed E-state index contributed by atoms with van der Waals surface area (Å²) in [4.78, 5) is 22.5. The Kier molecular flexibility index (Phi) is 2.86. The van der Waals surface area contributed by atoms with Gasteiger partial charge in [0.25, 0.3) is 0 Å². The van der Waals surface area contributed by atoms with Crippen LogP contribution < -0.4 is 0 Å². The van der Waals surface area contributed by atoms with E-state index in [9.17, 15) is 14.0 Å². The first kappa shape index (κ1) is 11.4. The van der Waals surface area contributed by atoms with Crippen LogP contribution in [-0.4, -0.2) is 30.3 Å². The average molecular weight is 230 g/mol. The lowest BCUT2D eigenvalue weighted by molar-refractivity contribution is -0.181. The number of carbonyl (C=O) groups is 2. The highest BCUT2D eigenvalue weighted by Crippen LogP contribution is 2.39. The van der Waals surface area contributed by atoms with Crippen molar-refractivity contribution in [2.75, 3.05) is 0 Å². The molecule has 0 aromatic carbocycles. The molecule has 1 heterocycles. The van der Waals surface area contributed by atoms with E-state index in [1.807, 2.05) is 0 Å². The van der Waals surface area contributed by atoms with Crippen molar-refractivity contribution >= 4 is 11.9 Å². The molecule has 90 valence electrons. The predicted octanol–water partition coefficient (Wildman–Crippen LogP) is 1.23. The second-order valence-electron chi connectivity index (χ2n) is 4.73. The summed E-state index contributed by atoms with van der Waals surface area (Å²) < 4.78 is 23.6. The lowest BCUT2D eigenvalue weighted by atomic mass is 9.99. The smallest absolute Gasteiger partial charge is 0.308 e. The summed E-state index contributed by atoms with van der Waals surface area (Å²) in [5.74, 6) is -1.24. The molecule has 0 N–H and O–H groups in total. The predicted molar refractivity (Wildman–Crippen MR) is 52.2 cm³/mol. The van der Waals surface area contributed by atoms with Gasteiger partial charge in [0.2, 0.25) is 0 Å². The van der Waals surface area contributed by atoms with Gasteiger partial charge in [0.1, 0.15) is 12.3 Å². The van der Waals surface area contributed by atoms with E-state index in [0.29, 0.717) is 0 Å². The zero-order valence-corrected chi connectivity index (χ0v) is 9.31. The maximum Gasteiger partial charge on any atom is 0.308 e. The molecule has 1 saturated carbocycles. The van der Waals surface area contributed by atoms with Crippen LogP contribution in [0.4, 0.5) is 4.39 Å². The highest BCUT2D eigenvalue weighted by atomic mass is 19.1. The quantitative estimate of drug-likeness (QED) is 0.669. The minimum atomic E-state index is -1.21. The number of alkyl halides is 1. The van der Waals surface area contributed by atoms with Gasteiger partial charge < -0.3 is 9.47 Å². The van der Waals surface area contributed by atoms with E-state index in [-0.39, 0.29) is 30.6 Å². The third kappa shape index (κ3) is 1.90. The van der Waals surface area contributed by atoms with Gasteiger partial charge in [-0.15, -0.1) is 0 Å². The summed E-state index contributed by atoms with van der Waals surface area (Å²) >= 11 is 0. The minimum absolute atomic E-state index is 0.146. The van der Waals surface area contributed by atoms with Crippen molar-refractivity contribution in [2.45, 2.75) is 45.1 Å². The van der Waals surface area contributed by atoms with Crippen LogP contribution in [0.15, 0.2) is 0 Å². The molecule has 5 heteroatoms. The first-order valence-electron chi connectivity index (χ1n) is 5.53. The molecule has 0 spiro atoms. The highest BCUT2D eigenvalue weighted by Gasteiger charge is 2.52. The van der Waals surface area contributed by atoms with E-state index in [1.54, 1.807) is 13.8 Å². The first-order valence-corrected chi connectivity index (χ1v) is 5.53. The third-order valence-corrected chi connectivity index (χ3v) is 3.09. The SMILES string of the molecule is CC(C)C(=O)OC1C2CC(=O)OC1C(F)C2. The first-order chi connectivity index (χ1) is 7.49. The Balaban J connectivity index is 2.06. The summed E-state index contributed by atoms with van der Waals surface area (Å²) in [7, 11) is 0. The van der Waals surface area contributed by atoms with Gasteiger partial charge in [-0.2, -0.15) is 0 Å². The molecule has 4 nitrogen and oxygen atoms in total. The van der Waals surface area contributed by atoms with Gasteiger partial charge in [0.15, 0.2) is 6.10 Å². The molecule has 1 aliphatic heterocycles. The molecule has 1 saturated heterocycles. The molecule has 2 bridgehead atoms. The fourth-order valence-electron chi connectivity index (χ4n) is 2.22. The van der Waals surface area contributed by atoms with E-state index in [2.05, 4.69) is 0 Å². The fraction of sp³-hybridized carbons (Fsp3) is 0.818. The molecule has 1 aliphatic carbocycles. The molecule has 0 amide bonds. The summed E-state index contributed by atoms with van der Waals surface area (Å²) in [6.45, 7) is 3.43. The molecule has 2 aliphatic rings. The van der Waals surface area contributed by atoms with E-state index < -0.39 is 24.3 Å². The molecule has 2 rings (SSSR count). The Bertz CT molecular complexity index is 315. The molecule has 0 radical (unpaired) electrons. The molecule has 4 atom stereocenters. The summed E-state index contributed by atoms with van der Waals surface area (Å²) in [5.41, 5.74) is 0. The Morgan fingerprint density at radius 3 is 2.81 bits per heavy atom. The number of halogens is 1. The molecule has 2 fully saturated rings. The lowest BCUT2D eigenvalue weighted by Crippen LogP contribution is -2.42. The molecule has 4 unspecified atom stereocenters. The molecule has 16 heavy (non-hydrogen) atoms. The second kappa shape index (κ2) is 4.03. The van der Waals surface area contributed by atoms with Crippen molar-refractivity contribution in [3.63, 3.8) is 0 Å². The zero-order chi connectivity index (χ0) is 11.9. The van der Waals surface area contributed by atoms with Crippen LogP contribution in [0.5, 0.6) is 0 Å². The van der Waals surface area contributed by atoms with Gasteiger partial charge in [-0.05, 0) is 6.42 Å². The fourth-order valence-corrected chi connectivity index (χ4v) is 2.22. The van der Waals surface area contributed by atoms with Crippen LogP contribution in [0.3, 0.4) is 0 Å². The van der Waals surface area contributed by atoms with Gasteiger partial charge >= 0.3 is 11.9 Å². The Hall–Kier alpha value is -1.13. The molecule has 0 aromatic heterocycles. The molecular weight excluding hydrogens is 215 g/mol. The van der Waals surface area contributed by atoms with Crippen LogP contribution in [0.25, 0.3) is 0 Å². The maximum atomic E-state index is 13.5. The van der Waals surface area contributed by atoms with Crippen molar-refractivity contribution in [3.05, 3.63) is 0 Å². The van der Waals surface area contributed by atoms with Crippen molar-refractivity contribution in [3.8, 4) is 0 Å². The lowest BCUT2D eigenvalue weighted by Gasteiger charge is -2.29.